The fraction of sp³-hybridized carbons (Fsp3) is 0.0714. The number of hydrogen-bond acceptors (Lipinski definition) is 4. The summed E-state index contributed by atoms with van der Waals surface area (Å²) in [4.78, 5) is 15.6. The zero-order chi connectivity index (χ0) is 23.5. The molecule has 1 aliphatic rings. The summed E-state index contributed by atoms with van der Waals surface area (Å²) in [6.07, 6.45) is 1.75. The van der Waals surface area contributed by atoms with Crippen LogP contribution < -0.4 is 0 Å². The van der Waals surface area contributed by atoms with Gasteiger partial charge in [-0.3, -0.25) is 9.69 Å². The first-order chi connectivity index (χ1) is 16.6. The van der Waals surface area contributed by atoms with Crippen molar-refractivity contribution >= 4 is 51.9 Å². The van der Waals surface area contributed by atoms with Crippen molar-refractivity contribution in [3.8, 4) is 11.3 Å². The van der Waals surface area contributed by atoms with Crippen molar-refractivity contribution in [1.82, 2.24) is 4.90 Å². The van der Waals surface area contributed by atoms with Gasteiger partial charge in [0.2, 0.25) is 0 Å². The minimum atomic E-state index is -0.109. The summed E-state index contributed by atoms with van der Waals surface area (Å²) in [5, 5.41) is 0.614. The van der Waals surface area contributed by atoms with E-state index in [4.69, 9.17) is 28.2 Å². The van der Waals surface area contributed by atoms with Crippen LogP contribution in [0.3, 0.4) is 0 Å². The third kappa shape index (κ3) is 4.73. The van der Waals surface area contributed by atoms with Gasteiger partial charge in [-0.2, -0.15) is 0 Å². The standard InChI is InChI=1S/C28H20ClNO2S2/c29-24-14-8-7-13-22(24)25-16-15-21(32-25)17-26-27(31)30(28(33)34-26)18-23(19-9-3-1-4-10-19)20-11-5-2-6-12-20/h1-17,23H,18H2. The molecule has 1 fully saturated rings. The second kappa shape index (κ2) is 10.0. The summed E-state index contributed by atoms with van der Waals surface area (Å²) in [5.74, 6) is 1.14. The van der Waals surface area contributed by atoms with Crippen LogP contribution in [0, 0.1) is 0 Å². The van der Waals surface area contributed by atoms with E-state index >= 15 is 0 Å². The van der Waals surface area contributed by atoms with Gasteiger partial charge in [-0.25, -0.2) is 0 Å². The number of carbonyl (C=O) groups is 1. The molecule has 0 spiro atoms. The van der Waals surface area contributed by atoms with E-state index in [9.17, 15) is 4.79 Å². The van der Waals surface area contributed by atoms with Crippen molar-refractivity contribution in [2.45, 2.75) is 5.92 Å². The second-order valence-corrected chi connectivity index (χ2v) is 9.93. The van der Waals surface area contributed by atoms with Crippen LogP contribution in [0.2, 0.25) is 5.02 Å². The second-order valence-electron chi connectivity index (χ2n) is 7.85. The molecule has 1 aliphatic heterocycles. The van der Waals surface area contributed by atoms with Crippen molar-refractivity contribution in [2.24, 2.45) is 0 Å². The number of benzene rings is 3. The first kappa shape index (κ1) is 22.7. The van der Waals surface area contributed by atoms with Crippen molar-refractivity contribution < 1.29 is 9.21 Å². The first-order valence-corrected chi connectivity index (χ1v) is 12.4. The highest BCUT2D eigenvalue weighted by atomic mass is 35.5. The van der Waals surface area contributed by atoms with Crippen LogP contribution in [0.15, 0.2) is 106 Å². The van der Waals surface area contributed by atoms with Crippen LogP contribution >= 0.6 is 35.6 Å². The average Bonchev–Trinajstić information content (AvgIpc) is 3.43. The summed E-state index contributed by atoms with van der Waals surface area (Å²) in [5.41, 5.74) is 3.09. The molecule has 1 aromatic heterocycles. The Kier molecular flexibility index (Phi) is 6.68. The molecule has 0 atom stereocenters. The predicted octanol–water partition coefficient (Wildman–Crippen LogP) is 7.63. The molecular formula is C28H20ClNO2S2. The minimum Gasteiger partial charge on any atom is -0.457 e. The summed E-state index contributed by atoms with van der Waals surface area (Å²) in [7, 11) is 0. The molecule has 3 aromatic carbocycles. The zero-order valence-corrected chi connectivity index (χ0v) is 20.4. The molecule has 0 radical (unpaired) electrons. The number of thioether (sulfide) groups is 1. The van der Waals surface area contributed by atoms with E-state index < -0.39 is 0 Å². The maximum Gasteiger partial charge on any atom is 0.266 e. The van der Waals surface area contributed by atoms with Crippen molar-refractivity contribution in [2.75, 3.05) is 6.54 Å². The SMILES string of the molecule is O=C1C(=Cc2ccc(-c3ccccc3Cl)o2)SC(=S)N1CC(c1ccccc1)c1ccccc1. The van der Waals surface area contributed by atoms with E-state index in [-0.39, 0.29) is 11.8 Å². The molecule has 0 aliphatic carbocycles. The molecule has 3 nitrogen and oxygen atoms in total. The first-order valence-electron chi connectivity index (χ1n) is 10.8. The zero-order valence-electron chi connectivity index (χ0n) is 18.1. The lowest BCUT2D eigenvalue weighted by Gasteiger charge is -2.24. The highest BCUT2D eigenvalue weighted by Crippen LogP contribution is 2.37. The molecular weight excluding hydrogens is 482 g/mol. The van der Waals surface area contributed by atoms with Gasteiger partial charge in [0.1, 0.15) is 15.8 Å². The number of hydrogen-bond donors (Lipinski definition) is 0. The van der Waals surface area contributed by atoms with Gasteiger partial charge in [0.25, 0.3) is 5.91 Å². The summed E-state index contributed by atoms with van der Waals surface area (Å²) < 4.78 is 6.51. The van der Waals surface area contributed by atoms with Gasteiger partial charge < -0.3 is 4.42 Å². The fourth-order valence-corrected chi connectivity index (χ4v) is 5.46. The molecule has 5 rings (SSSR count). The quantitative estimate of drug-likeness (QED) is 0.201. The third-order valence-corrected chi connectivity index (χ3v) is 7.39. The van der Waals surface area contributed by atoms with Gasteiger partial charge in [0.15, 0.2) is 0 Å². The molecule has 1 saturated heterocycles. The molecule has 0 bridgehead atoms. The van der Waals surface area contributed by atoms with E-state index in [2.05, 4.69) is 24.3 Å². The number of furan rings is 1. The largest absolute Gasteiger partial charge is 0.457 e. The topological polar surface area (TPSA) is 33.5 Å². The van der Waals surface area contributed by atoms with Crippen LogP contribution in [-0.2, 0) is 4.79 Å². The lowest BCUT2D eigenvalue weighted by atomic mass is 9.91. The number of thiocarbonyl (C=S) groups is 1. The smallest absolute Gasteiger partial charge is 0.266 e. The molecule has 0 saturated carbocycles. The van der Waals surface area contributed by atoms with Crippen molar-refractivity contribution in [1.29, 1.82) is 0 Å². The van der Waals surface area contributed by atoms with Gasteiger partial charge >= 0.3 is 0 Å². The lowest BCUT2D eigenvalue weighted by Crippen LogP contribution is -2.32. The Morgan fingerprint density at radius 2 is 1.50 bits per heavy atom. The molecule has 4 aromatic rings. The Morgan fingerprint density at radius 3 is 2.15 bits per heavy atom. The Morgan fingerprint density at radius 1 is 0.882 bits per heavy atom. The fourth-order valence-electron chi connectivity index (χ4n) is 3.98. The molecule has 34 heavy (non-hydrogen) atoms. The summed E-state index contributed by atoms with van der Waals surface area (Å²) >= 11 is 13.2. The lowest BCUT2D eigenvalue weighted by molar-refractivity contribution is -0.122. The van der Waals surface area contributed by atoms with Gasteiger partial charge in [0, 0.05) is 24.1 Å². The monoisotopic (exact) mass is 501 g/mol. The number of carbonyl (C=O) groups excluding carboxylic acids is 1. The van der Waals surface area contributed by atoms with Crippen molar-refractivity contribution in [3.63, 3.8) is 0 Å². The number of rotatable bonds is 6. The Balaban J connectivity index is 1.40. The highest BCUT2D eigenvalue weighted by molar-refractivity contribution is 8.26. The average molecular weight is 502 g/mol. The summed E-state index contributed by atoms with van der Waals surface area (Å²) in [6.45, 7) is 0.471. The maximum absolute atomic E-state index is 13.3. The summed E-state index contributed by atoms with van der Waals surface area (Å²) in [6, 6.07) is 31.6. The van der Waals surface area contributed by atoms with E-state index in [0.29, 0.717) is 32.3 Å². The number of amides is 1. The Hall–Kier alpha value is -3.12. The van der Waals surface area contributed by atoms with Crippen LogP contribution in [-0.4, -0.2) is 21.7 Å². The van der Waals surface area contributed by atoms with E-state index in [0.717, 1.165) is 16.7 Å². The minimum absolute atomic E-state index is 0.0136. The van der Waals surface area contributed by atoms with Crippen molar-refractivity contribution in [3.05, 3.63) is 124 Å². The highest BCUT2D eigenvalue weighted by Gasteiger charge is 2.34. The number of nitrogens with zero attached hydrogens (tertiary/aromatic N) is 1. The van der Waals surface area contributed by atoms with E-state index in [1.807, 2.05) is 72.8 Å². The molecule has 1 amide bonds. The van der Waals surface area contributed by atoms with Crippen LogP contribution in [0.5, 0.6) is 0 Å². The third-order valence-electron chi connectivity index (χ3n) is 5.68. The molecule has 2 heterocycles. The number of halogens is 1. The van der Waals surface area contributed by atoms with Gasteiger partial charge in [-0.05, 0) is 35.4 Å². The van der Waals surface area contributed by atoms with Gasteiger partial charge in [-0.1, -0.05) is 108 Å². The van der Waals surface area contributed by atoms with Gasteiger partial charge in [-0.15, -0.1) is 0 Å². The molecule has 6 heteroatoms. The normalized spacial score (nSPS) is 15.0. The van der Waals surface area contributed by atoms with E-state index in [1.54, 1.807) is 11.0 Å². The maximum atomic E-state index is 13.3. The van der Waals surface area contributed by atoms with Gasteiger partial charge in [0.05, 0.1) is 9.93 Å². The molecule has 0 unspecified atom stereocenters. The van der Waals surface area contributed by atoms with E-state index in [1.165, 1.54) is 11.8 Å². The predicted molar refractivity (Wildman–Crippen MR) is 144 cm³/mol. The van der Waals surface area contributed by atoms with Crippen LogP contribution in [0.1, 0.15) is 22.8 Å². The Labute approximate surface area is 213 Å². The molecule has 0 N–H and O–H groups in total. The Bertz CT molecular complexity index is 1330. The molecule has 168 valence electrons. The van der Waals surface area contributed by atoms with Crippen LogP contribution in [0.25, 0.3) is 17.4 Å². The van der Waals surface area contributed by atoms with Crippen LogP contribution in [0.4, 0.5) is 0 Å².